The monoisotopic (exact) mass is 370 g/mol. The first-order chi connectivity index (χ1) is 12.7. The Kier molecular flexibility index (Phi) is 6.04. The van der Waals surface area contributed by atoms with E-state index in [0.717, 1.165) is 23.7 Å². The second kappa shape index (κ2) is 8.64. The molecule has 0 saturated heterocycles. The van der Waals surface area contributed by atoms with Crippen LogP contribution in [0.5, 0.6) is 11.5 Å². The lowest BCUT2D eigenvalue weighted by atomic mass is 10.3. The topological polar surface area (TPSA) is 44.5 Å². The zero-order valence-electron chi connectivity index (χ0n) is 14.9. The highest BCUT2D eigenvalue weighted by molar-refractivity contribution is 7.71. The van der Waals surface area contributed by atoms with Crippen LogP contribution in [0.1, 0.15) is 0 Å². The number of rotatable bonds is 8. The fourth-order valence-corrected chi connectivity index (χ4v) is 2.76. The summed E-state index contributed by atoms with van der Waals surface area (Å²) in [5.74, 6) is 1.66. The molecule has 0 aliphatic heterocycles. The maximum atomic E-state index is 5.73. The summed E-state index contributed by atoms with van der Waals surface area (Å²) in [6.45, 7) is 1.96. The van der Waals surface area contributed by atoms with E-state index in [9.17, 15) is 0 Å². The number of benzene rings is 2. The van der Waals surface area contributed by atoms with Gasteiger partial charge in [-0.15, -0.1) is 0 Å². The van der Waals surface area contributed by atoms with Crippen LogP contribution in [0, 0.1) is 4.77 Å². The van der Waals surface area contributed by atoms with E-state index in [1.54, 1.807) is 18.1 Å². The molecule has 0 amide bonds. The predicted octanol–water partition coefficient (Wildman–Crippen LogP) is 3.38. The van der Waals surface area contributed by atoms with Crippen molar-refractivity contribution >= 4 is 12.2 Å². The van der Waals surface area contributed by atoms with Gasteiger partial charge in [0, 0.05) is 12.6 Å². The number of likely N-dealkylation sites (N-methyl/N-ethyl adjacent to an activating group) is 1. The van der Waals surface area contributed by atoms with Gasteiger partial charge in [-0.2, -0.15) is 5.10 Å². The quantitative estimate of drug-likeness (QED) is 0.569. The summed E-state index contributed by atoms with van der Waals surface area (Å²) >= 11 is 5.56. The Balaban J connectivity index is 1.60. The standard InChI is InChI=1S/C19H22N4O2S/c1-21(11-12-25-17-8-4-3-5-9-17)15-23-19(26)22(14-20-23)16-7-6-10-18(13-16)24-2/h3-10,13-14H,11-12,15H2,1-2H3. The predicted molar refractivity (Wildman–Crippen MR) is 104 cm³/mol. The van der Waals surface area contributed by atoms with E-state index in [1.807, 2.05) is 66.2 Å². The van der Waals surface area contributed by atoms with Gasteiger partial charge < -0.3 is 9.47 Å². The van der Waals surface area contributed by atoms with Crippen LogP contribution < -0.4 is 9.47 Å². The summed E-state index contributed by atoms with van der Waals surface area (Å²) in [5, 5.41) is 4.41. The van der Waals surface area contributed by atoms with E-state index in [4.69, 9.17) is 21.7 Å². The third-order valence-corrected chi connectivity index (χ3v) is 4.33. The third kappa shape index (κ3) is 4.50. The summed E-state index contributed by atoms with van der Waals surface area (Å²) < 4.78 is 15.3. The number of para-hydroxylation sites is 1. The molecule has 0 unspecified atom stereocenters. The largest absolute Gasteiger partial charge is 0.497 e. The Hall–Kier alpha value is -2.64. The molecule has 0 aliphatic rings. The molecule has 1 heterocycles. The van der Waals surface area contributed by atoms with Gasteiger partial charge in [-0.3, -0.25) is 9.47 Å². The van der Waals surface area contributed by atoms with Gasteiger partial charge in [-0.05, 0) is 43.5 Å². The summed E-state index contributed by atoms with van der Waals surface area (Å²) in [5.41, 5.74) is 0.927. The Morgan fingerprint density at radius 1 is 1.08 bits per heavy atom. The van der Waals surface area contributed by atoms with E-state index in [-0.39, 0.29) is 0 Å². The van der Waals surface area contributed by atoms with E-state index < -0.39 is 0 Å². The highest BCUT2D eigenvalue weighted by Gasteiger charge is 2.07. The van der Waals surface area contributed by atoms with Crippen LogP contribution in [0.4, 0.5) is 0 Å². The zero-order valence-corrected chi connectivity index (χ0v) is 15.7. The van der Waals surface area contributed by atoms with Crippen LogP contribution in [0.15, 0.2) is 60.9 Å². The third-order valence-electron chi connectivity index (χ3n) is 3.93. The Morgan fingerprint density at radius 2 is 1.85 bits per heavy atom. The highest BCUT2D eigenvalue weighted by atomic mass is 32.1. The minimum Gasteiger partial charge on any atom is -0.497 e. The second-order valence-corrected chi connectivity index (χ2v) is 6.23. The number of hydrogen-bond acceptors (Lipinski definition) is 5. The minimum absolute atomic E-state index is 0.591. The molecule has 7 heteroatoms. The molecular weight excluding hydrogens is 348 g/mol. The molecule has 1 aromatic heterocycles. The lowest BCUT2D eigenvalue weighted by Gasteiger charge is -2.16. The van der Waals surface area contributed by atoms with Crippen LogP contribution in [0.2, 0.25) is 0 Å². The first-order valence-electron chi connectivity index (χ1n) is 8.32. The van der Waals surface area contributed by atoms with E-state index in [1.165, 1.54) is 0 Å². The Bertz CT molecular complexity index is 892. The van der Waals surface area contributed by atoms with Gasteiger partial charge in [-0.25, -0.2) is 4.68 Å². The van der Waals surface area contributed by atoms with Gasteiger partial charge in [0.1, 0.15) is 24.4 Å². The van der Waals surface area contributed by atoms with Gasteiger partial charge in [0.2, 0.25) is 4.77 Å². The Morgan fingerprint density at radius 3 is 2.62 bits per heavy atom. The van der Waals surface area contributed by atoms with Crippen molar-refractivity contribution in [2.45, 2.75) is 6.67 Å². The van der Waals surface area contributed by atoms with Gasteiger partial charge in [-0.1, -0.05) is 24.3 Å². The highest BCUT2D eigenvalue weighted by Crippen LogP contribution is 2.16. The van der Waals surface area contributed by atoms with Gasteiger partial charge in [0.15, 0.2) is 0 Å². The van der Waals surface area contributed by atoms with E-state index >= 15 is 0 Å². The molecule has 3 rings (SSSR count). The van der Waals surface area contributed by atoms with Crippen LogP contribution in [-0.4, -0.2) is 46.6 Å². The second-order valence-electron chi connectivity index (χ2n) is 5.87. The van der Waals surface area contributed by atoms with Crippen LogP contribution in [0.25, 0.3) is 5.69 Å². The van der Waals surface area contributed by atoms with Crippen LogP contribution in [0.3, 0.4) is 0 Å². The van der Waals surface area contributed by atoms with Crippen molar-refractivity contribution in [2.75, 3.05) is 27.3 Å². The SMILES string of the molecule is COc1cccc(-n2cnn(CN(C)CCOc3ccccc3)c2=S)c1. The van der Waals surface area contributed by atoms with Crippen molar-refractivity contribution in [1.29, 1.82) is 0 Å². The summed E-state index contributed by atoms with van der Waals surface area (Å²) in [6, 6.07) is 17.5. The first kappa shape index (κ1) is 18.2. The van der Waals surface area contributed by atoms with Crippen molar-refractivity contribution < 1.29 is 9.47 Å². The molecule has 0 atom stereocenters. The molecule has 0 aliphatic carbocycles. The number of aromatic nitrogens is 3. The summed E-state index contributed by atoms with van der Waals surface area (Å²) in [4.78, 5) is 2.11. The fourth-order valence-electron chi connectivity index (χ4n) is 2.51. The van der Waals surface area contributed by atoms with Gasteiger partial charge in [0.25, 0.3) is 0 Å². The number of ether oxygens (including phenoxy) is 2. The molecule has 26 heavy (non-hydrogen) atoms. The van der Waals surface area contributed by atoms with Gasteiger partial charge in [0.05, 0.1) is 19.5 Å². The first-order valence-corrected chi connectivity index (χ1v) is 8.73. The molecule has 0 bridgehead atoms. The minimum atomic E-state index is 0.591. The van der Waals surface area contributed by atoms with Crippen molar-refractivity contribution in [3.05, 3.63) is 65.7 Å². The zero-order chi connectivity index (χ0) is 18.4. The van der Waals surface area contributed by atoms with E-state index in [2.05, 4.69) is 10.00 Å². The molecular formula is C19H22N4O2S. The normalized spacial score (nSPS) is 10.9. The maximum Gasteiger partial charge on any atom is 0.203 e. The van der Waals surface area contributed by atoms with Crippen LogP contribution in [-0.2, 0) is 6.67 Å². The molecule has 136 valence electrons. The summed E-state index contributed by atoms with van der Waals surface area (Å²) in [6.07, 6.45) is 1.73. The average molecular weight is 370 g/mol. The molecule has 0 spiro atoms. The molecule has 6 nitrogen and oxygen atoms in total. The van der Waals surface area contributed by atoms with Crippen molar-refractivity contribution in [3.63, 3.8) is 0 Å². The van der Waals surface area contributed by atoms with Crippen LogP contribution >= 0.6 is 12.2 Å². The van der Waals surface area contributed by atoms with Gasteiger partial charge >= 0.3 is 0 Å². The molecule has 2 aromatic carbocycles. The smallest absolute Gasteiger partial charge is 0.203 e. The number of hydrogen-bond donors (Lipinski definition) is 0. The maximum absolute atomic E-state index is 5.73. The molecule has 0 saturated carbocycles. The fraction of sp³-hybridized carbons (Fsp3) is 0.263. The average Bonchev–Trinajstić information content (AvgIpc) is 3.03. The number of nitrogens with zero attached hydrogens (tertiary/aromatic N) is 4. The summed E-state index contributed by atoms with van der Waals surface area (Å²) in [7, 11) is 3.66. The molecule has 0 N–H and O–H groups in total. The van der Waals surface area contributed by atoms with Crippen molar-refractivity contribution in [1.82, 2.24) is 19.2 Å². The van der Waals surface area contributed by atoms with Crippen molar-refractivity contribution in [2.24, 2.45) is 0 Å². The van der Waals surface area contributed by atoms with Crippen molar-refractivity contribution in [3.8, 4) is 17.2 Å². The number of methoxy groups -OCH3 is 1. The Labute approximate surface area is 158 Å². The lowest BCUT2D eigenvalue weighted by Crippen LogP contribution is -2.27. The molecule has 3 aromatic rings. The van der Waals surface area contributed by atoms with E-state index in [0.29, 0.717) is 18.0 Å². The lowest BCUT2D eigenvalue weighted by molar-refractivity contribution is 0.198. The molecule has 0 fully saturated rings. The molecule has 0 radical (unpaired) electrons.